The van der Waals surface area contributed by atoms with Gasteiger partial charge in [-0.15, -0.1) is 24.8 Å². The summed E-state index contributed by atoms with van der Waals surface area (Å²) in [7, 11) is 0. The predicted molar refractivity (Wildman–Crippen MR) is 125 cm³/mol. The Labute approximate surface area is 193 Å². The van der Waals surface area contributed by atoms with Crippen molar-refractivity contribution in [1.82, 2.24) is 25.0 Å². The van der Waals surface area contributed by atoms with E-state index in [0.717, 1.165) is 28.8 Å². The lowest BCUT2D eigenvalue weighted by molar-refractivity contribution is 0.0636. The number of aryl methyl sites for hydroxylation is 1. The molecule has 0 spiro atoms. The third-order valence-electron chi connectivity index (χ3n) is 5.18. The highest BCUT2D eigenvalue weighted by Gasteiger charge is 2.31. The molecule has 3 aromatic rings. The van der Waals surface area contributed by atoms with Crippen LogP contribution in [0.3, 0.4) is 0 Å². The number of rotatable bonds is 3. The second-order valence-corrected chi connectivity index (χ2v) is 7.88. The molecule has 0 radical (unpaired) electrons. The van der Waals surface area contributed by atoms with E-state index >= 15 is 0 Å². The van der Waals surface area contributed by atoms with Crippen LogP contribution in [0.2, 0.25) is 5.02 Å². The Morgan fingerprint density at radius 1 is 1.27 bits per heavy atom. The molecule has 30 heavy (non-hydrogen) atoms. The summed E-state index contributed by atoms with van der Waals surface area (Å²) in [6.45, 7) is 8.08. The highest BCUT2D eigenvalue weighted by Crippen LogP contribution is 2.31. The first kappa shape index (κ1) is 24.4. The lowest BCUT2D eigenvalue weighted by Crippen LogP contribution is -2.48. The van der Waals surface area contributed by atoms with Gasteiger partial charge in [-0.05, 0) is 38.5 Å². The van der Waals surface area contributed by atoms with Crippen LogP contribution in [0.5, 0.6) is 0 Å². The highest BCUT2D eigenvalue weighted by atomic mass is 35.5. The number of fused-ring (bicyclic) bond motifs is 1. The number of aromatic nitrogens is 3. The minimum absolute atomic E-state index is 0. The fourth-order valence-electron chi connectivity index (χ4n) is 3.82. The van der Waals surface area contributed by atoms with Gasteiger partial charge in [-0.25, -0.2) is 9.67 Å². The molecule has 1 aliphatic rings. The highest BCUT2D eigenvalue weighted by molar-refractivity contribution is 6.31. The van der Waals surface area contributed by atoms with Gasteiger partial charge in [0.25, 0.3) is 5.91 Å². The third kappa shape index (κ3) is 4.42. The zero-order valence-corrected chi connectivity index (χ0v) is 19.5. The number of nitrogens with one attached hydrogen (secondary N) is 1. The number of carbonyl (C=O) groups excluding carboxylic acids is 1. The summed E-state index contributed by atoms with van der Waals surface area (Å²) in [5, 5.41) is 9.32. The number of hydrogen-bond acceptors (Lipinski definition) is 4. The molecule has 1 aliphatic heterocycles. The van der Waals surface area contributed by atoms with Crippen molar-refractivity contribution in [3.8, 4) is 0 Å². The molecule has 1 aromatic carbocycles. The van der Waals surface area contributed by atoms with E-state index in [2.05, 4.69) is 29.2 Å². The molecule has 6 nitrogen and oxygen atoms in total. The molecule has 1 atom stereocenters. The van der Waals surface area contributed by atoms with E-state index < -0.39 is 0 Å². The molecular weight excluding hydrogens is 445 g/mol. The fourth-order valence-corrected chi connectivity index (χ4v) is 4.09. The van der Waals surface area contributed by atoms with E-state index in [1.54, 1.807) is 6.20 Å². The topological polar surface area (TPSA) is 63.1 Å². The van der Waals surface area contributed by atoms with Crippen molar-refractivity contribution >= 4 is 53.4 Å². The van der Waals surface area contributed by atoms with Gasteiger partial charge in [0.05, 0.1) is 23.2 Å². The van der Waals surface area contributed by atoms with Gasteiger partial charge < -0.3 is 10.2 Å². The van der Waals surface area contributed by atoms with Crippen molar-refractivity contribution in [1.29, 1.82) is 0 Å². The quantitative estimate of drug-likeness (QED) is 0.607. The van der Waals surface area contributed by atoms with E-state index in [9.17, 15) is 4.79 Å². The van der Waals surface area contributed by atoms with Gasteiger partial charge in [0.1, 0.15) is 0 Å². The summed E-state index contributed by atoms with van der Waals surface area (Å²) in [4.78, 5) is 20.2. The Morgan fingerprint density at radius 3 is 2.70 bits per heavy atom. The first-order chi connectivity index (χ1) is 13.5. The molecule has 0 saturated carbocycles. The Hall–Kier alpha value is -1.86. The van der Waals surface area contributed by atoms with Gasteiger partial charge in [0, 0.05) is 36.4 Å². The van der Waals surface area contributed by atoms with E-state index in [-0.39, 0.29) is 42.8 Å². The van der Waals surface area contributed by atoms with Crippen LogP contribution in [0.4, 0.5) is 0 Å². The van der Waals surface area contributed by atoms with Gasteiger partial charge in [0.15, 0.2) is 5.65 Å². The molecule has 1 saturated heterocycles. The normalized spacial score (nSPS) is 16.3. The summed E-state index contributed by atoms with van der Waals surface area (Å²) < 4.78 is 1.86. The zero-order valence-electron chi connectivity index (χ0n) is 17.1. The molecule has 3 heterocycles. The summed E-state index contributed by atoms with van der Waals surface area (Å²) in [5.41, 5.74) is 3.17. The van der Waals surface area contributed by atoms with E-state index in [1.807, 2.05) is 46.8 Å². The van der Waals surface area contributed by atoms with Gasteiger partial charge in [0.2, 0.25) is 0 Å². The number of pyridine rings is 1. The zero-order chi connectivity index (χ0) is 19.8. The molecule has 4 rings (SSSR count). The monoisotopic (exact) mass is 469 g/mol. The van der Waals surface area contributed by atoms with Crippen LogP contribution >= 0.6 is 36.4 Å². The Morgan fingerprint density at radius 2 is 2.00 bits per heavy atom. The molecule has 162 valence electrons. The molecule has 1 amide bonds. The van der Waals surface area contributed by atoms with Crippen LogP contribution in [-0.2, 0) is 0 Å². The minimum atomic E-state index is -0.112. The van der Waals surface area contributed by atoms with Crippen molar-refractivity contribution in [3.63, 3.8) is 0 Å². The second-order valence-electron chi connectivity index (χ2n) is 7.47. The van der Waals surface area contributed by atoms with E-state index in [4.69, 9.17) is 11.6 Å². The number of nitrogens with zero attached hydrogens (tertiary/aromatic N) is 4. The Balaban J connectivity index is 0.00000160. The maximum absolute atomic E-state index is 13.6. The standard InChI is InChI=1S/C21H24ClN5O.2ClH/c1-13(2)27-20-17(11-24-27)16(10-14(3)25-20)21(28)26-9-8-23-12-19(26)15-6-4-5-7-18(15)22;;/h4-7,10-11,13,19,23H,8-9,12H2,1-3H3;2*1H. The Kier molecular flexibility index (Phi) is 8.11. The lowest BCUT2D eigenvalue weighted by Gasteiger charge is -2.37. The Bertz CT molecular complexity index is 1040. The molecule has 0 bridgehead atoms. The molecule has 9 heteroatoms. The summed E-state index contributed by atoms with van der Waals surface area (Å²) >= 11 is 6.44. The SMILES string of the molecule is Cc1cc(C(=O)N2CCNCC2c2ccccc2Cl)c2cnn(C(C)C)c2n1.Cl.Cl. The molecule has 1 fully saturated rings. The minimum Gasteiger partial charge on any atom is -0.329 e. The van der Waals surface area contributed by atoms with Crippen molar-refractivity contribution in [2.24, 2.45) is 0 Å². The third-order valence-corrected chi connectivity index (χ3v) is 5.53. The molecule has 0 aliphatic carbocycles. The average Bonchev–Trinajstić information content (AvgIpc) is 3.11. The van der Waals surface area contributed by atoms with E-state index in [1.165, 1.54) is 0 Å². The van der Waals surface area contributed by atoms with Gasteiger partial charge >= 0.3 is 0 Å². The lowest BCUT2D eigenvalue weighted by atomic mass is 10.0. The summed E-state index contributed by atoms with van der Waals surface area (Å²) in [6.07, 6.45) is 1.75. The molecule has 2 aromatic heterocycles. The molecular formula is C21H26Cl3N5O. The van der Waals surface area contributed by atoms with E-state index in [0.29, 0.717) is 23.7 Å². The number of carbonyl (C=O) groups is 1. The molecule has 1 N–H and O–H groups in total. The fraction of sp³-hybridized carbons (Fsp3) is 0.381. The van der Waals surface area contributed by atoms with Crippen LogP contribution in [0, 0.1) is 6.92 Å². The van der Waals surface area contributed by atoms with Crippen LogP contribution in [-0.4, -0.2) is 45.2 Å². The van der Waals surface area contributed by atoms with Crippen LogP contribution in [0.1, 0.15) is 47.5 Å². The van der Waals surface area contributed by atoms with Crippen LogP contribution < -0.4 is 5.32 Å². The van der Waals surface area contributed by atoms with Crippen molar-refractivity contribution in [3.05, 3.63) is 58.4 Å². The number of piperazine rings is 1. The number of amides is 1. The second kappa shape index (κ2) is 9.96. The number of hydrogen-bond donors (Lipinski definition) is 1. The first-order valence-electron chi connectivity index (χ1n) is 9.58. The first-order valence-corrected chi connectivity index (χ1v) is 9.96. The van der Waals surface area contributed by atoms with Gasteiger partial charge in [-0.1, -0.05) is 29.8 Å². The van der Waals surface area contributed by atoms with Crippen molar-refractivity contribution < 1.29 is 4.79 Å². The van der Waals surface area contributed by atoms with Gasteiger partial charge in [-0.3, -0.25) is 4.79 Å². The molecule has 1 unspecified atom stereocenters. The van der Waals surface area contributed by atoms with Crippen LogP contribution in [0.25, 0.3) is 11.0 Å². The van der Waals surface area contributed by atoms with Crippen molar-refractivity contribution in [2.75, 3.05) is 19.6 Å². The van der Waals surface area contributed by atoms with Gasteiger partial charge in [-0.2, -0.15) is 5.10 Å². The van der Waals surface area contributed by atoms with Crippen molar-refractivity contribution in [2.45, 2.75) is 32.9 Å². The summed E-state index contributed by atoms with van der Waals surface area (Å²) in [5.74, 6) is -0.00905. The number of halogens is 3. The maximum atomic E-state index is 13.6. The number of benzene rings is 1. The smallest absolute Gasteiger partial charge is 0.255 e. The largest absolute Gasteiger partial charge is 0.329 e. The maximum Gasteiger partial charge on any atom is 0.255 e. The predicted octanol–water partition coefficient (Wildman–Crippen LogP) is 4.60. The summed E-state index contributed by atoms with van der Waals surface area (Å²) in [6, 6.07) is 9.65. The average molecular weight is 471 g/mol. The van der Waals surface area contributed by atoms with Crippen LogP contribution in [0.15, 0.2) is 36.5 Å².